The van der Waals surface area contributed by atoms with Crippen LogP contribution in [0.2, 0.25) is 0 Å². The van der Waals surface area contributed by atoms with Crippen molar-refractivity contribution >= 4 is 27.3 Å². The Morgan fingerprint density at radius 3 is 2.71 bits per heavy atom. The summed E-state index contributed by atoms with van der Waals surface area (Å²) >= 11 is 1.37. The molecule has 0 aliphatic carbocycles. The lowest BCUT2D eigenvalue weighted by atomic mass is 10.2. The molecule has 1 aliphatic rings. The summed E-state index contributed by atoms with van der Waals surface area (Å²) in [5.74, 6) is -0.149. The van der Waals surface area contributed by atoms with E-state index in [0.717, 1.165) is 18.4 Å². The van der Waals surface area contributed by atoms with Crippen LogP contribution in [0, 0.1) is 6.92 Å². The van der Waals surface area contributed by atoms with Crippen molar-refractivity contribution in [3.05, 3.63) is 52.2 Å². The van der Waals surface area contributed by atoms with Crippen LogP contribution in [0.15, 0.2) is 46.7 Å². The summed E-state index contributed by atoms with van der Waals surface area (Å²) in [6, 6.07) is 10.3. The Morgan fingerprint density at radius 2 is 2.04 bits per heavy atom. The molecule has 1 N–H and O–H groups in total. The zero-order valence-corrected chi connectivity index (χ0v) is 15.1. The molecule has 1 saturated heterocycles. The highest BCUT2D eigenvalue weighted by atomic mass is 32.2. The smallest absolute Gasteiger partial charge is 0.261 e. The summed E-state index contributed by atoms with van der Waals surface area (Å²) < 4.78 is 27.2. The van der Waals surface area contributed by atoms with E-state index >= 15 is 0 Å². The van der Waals surface area contributed by atoms with Crippen LogP contribution in [0.25, 0.3) is 0 Å². The first-order valence-electron chi connectivity index (χ1n) is 7.89. The summed E-state index contributed by atoms with van der Waals surface area (Å²) in [7, 11) is -3.52. The number of rotatable bonds is 5. The third-order valence-electron chi connectivity index (χ3n) is 4.19. The van der Waals surface area contributed by atoms with E-state index in [4.69, 9.17) is 0 Å². The van der Waals surface area contributed by atoms with Crippen molar-refractivity contribution in [3.8, 4) is 0 Å². The molecule has 1 atom stereocenters. The molecular weight excluding hydrogens is 344 g/mol. The van der Waals surface area contributed by atoms with Crippen LogP contribution in [-0.2, 0) is 10.0 Å². The molecule has 2 heterocycles. The number of hydrogen-bond donors (Lipinski definition) is 1. The van der Waals surface area contributed by atoms with Crippen LogP contribution in [0.1, 0.15) is 28.1 Å². The van der Waals surface area contributed by atoms with Gasteiger partial charge in [-0.3, -0.25) is 4.79 Å². The van der Waals surface area contributed by atoms with E-state index in [1.54, 1.807) is 30.3 Å². The van der Waals surface area contributed by atoms with Gasteiger partial charge in [0.2, 0.25) is 10.0 Å². The first-order chi connectivity index (χ1) is 11.5. The molecule has 1 fully saturated rings. The monoisotopic (exact) mass is 364 g/mol. The minimum atomic E-state index is -3.52. The maximum absolute atomic E-state index is 12.8. The van der Waals surface area contributed by atoms with E-state index in [0.29, 0.717) is 22.9 Å². The number of thiophene rings is 1. The standard InChI is InChI=1S/C17H20N2O3S2/c1-13-6-8-15(9-7-13)24(21,22)19-10-2-4-14(19)12-18-17(20)16-5-3-11-23-16/h3,5-9,11,14H,2,4,10,12H2,1H3,(H,18,20)/t14-/m1/s1. The number of sulfonamides is 1. The van der Waals surface area contributed by atoms with Gasteiger partial charge in [-0.05, 0) is 43.3 Å². The van der Waals surface area contributed by atoms with E-state index in [-0.39, 0.29) is 11.9 Å². The molecule has 1 aliphatic heterocycles. The molecule has 24 heavy (non-hydrogen) atoms. The van der Waals surface area contributed by atoms with Crippen molar-refractivity contribution in [1.82, 2.24) is 9.62 Å². The summed E-state index contributed by atoms with van der Waals surface area (Å²) in [5, 5.41) is 4.70. The average molecular weight is 364 g/mol. The number of amides is 1. The van der Waals surface area contributed by atoms with E-state index < -0.39 is 10.0 Å². The van der Waals surface area contributed by atoms with E-state index in [9.17, 15) is 13.2 Å². The molecule has 0 radical (unpaired) electrons. The highest BCUT2D eigenvalue weighted by Crippen LogP contribution is 2.26. The summed E-state index contributed by atoms with van der Waals surface area (Å²) in [6.07, 6.45) is 1.57. The predicted octanol–water partition coefficient (Wildman–Crippen LogP) is 2.64. The van der Waals surface area contributed by atoms with Crippen LogP contribution < -0.4 is 5.32 Å². The van der Waals surface area contributed by atoms with Gasteiger partial charge in [0.15, 0.2) is 0 Å². The maximum atomic E-state index is 12.8. The van der Waals surface area contributed by atoms with Crippen LogP contribution >= 0.6 is 11.3 Å². The number of aryl methyl sites for hydroxylation is 1. The van der Waals surface area contributed by atoms with E-state index in [1.807, 2.05) is 18.4 Å². The lowest BCUT2D eigenvalue weighted by molar-refractivity contribution is 0.0950. The molecule has 0 spiro atoms. The van der Waals surface area contributed by atoms with Crippen molar-refractivity contribution < 1.29 is 13.2 Å². The van der Waals surface area contributed by atoms with Crippen LogP contribution in [-0.4, -0.2) is 37.8 Å². The first-order valence-corrected chi connectivity index (χ1v) is 10.2. The fraction of sp³-hybridized carbons (Fsp3) is 0.353. The molecule has 1 aromatic heterocycles. The molecule has 128 valence electrons. The van der Waals surface area contributed by atoms with Gasteiger partial charge >= 0.3 is 0 Å². The van der Waals surface area contributed by atoms with Gasteiger partial charge in [0.05, 0.1) is 9.77 Å². The molecule has 3 rings (SSSR count). The van der Waals surface area contributed by atoms with E-state index in [1.165, 1.54) is 15.6 Å². The summed E-state index contributed by atoms with van der Waals surface area (Å²) in [5.41, 5.74) is 1.02. The van der Waals surface area contributed by atoms with Crippen molar-refractivity contribution in [3.63, 3.8) is 0 Å². The molecular formula is C17H20N2O3S2. The second kappa shape index (κ2) is 7.04. The van der Waals surface area contributed by atoms with Crippen molar-refractivity contribution in [2.24, 2.45) is 0 Å². The fourth-order valence-corrected chi connectivity index (χ4v) is 5.21. The van der Waals surface area contributed by atoms with Gasteiger partial charge in [-0.1, -0.05) is 23.8 Å². The molecule has 0 unspecified atom stereocenters. The third kappa shape index (κ3) is 3.53. The van der Waals surface area contributed by atoms with Crippen LogP contribution in [0.3, 0.4) is 0 Å². The van der Waals surface area contributed by atoms with E-state index in [2.05, 4.69) is 5.32 Å². The second-order valence-electron chi connectivity index (χ2n) is 5.91. The minimum absolute atomic E-state index is 0.149. The minimum Gasteiger partial charge on any atom is -0.350 e. The van der Waals surface area contributed by atoms with Gasteiger partial charge in [-0.15, -0.1) is 11.3 Å². The summed E-state index contributed by atoms with van der Waals surface area (Å²) in [4.78, 5) is 13.0. The Morgan fingerprint density at radius 1 is 1.29 bits per heavy atom. The quantitative estimate of drug-likeness (QED) is 0.887. The zero-order chi connectivity index (χ0) is 17.2. The first kappa shape index (κ1) is 17.1. The largest absolute Gasteiger partial charge is 0.350 e. The highest BCUT2D eigenvalue weighted by molar-refractivity contribution is 7.89. The normalized spacial score (nSPS) is 18.6. The fourth-order valence-electron chi connectivity index (χ4n) is 2.88. The molecule has 0 saturated carbocycles. The predicted molar refractivity (Wildman–Crippen MR) is 94.7 cm³/mol. The Labute approximate surface area is 146 Å². The number of carbonyl (C=O) groups excluding carboxylic acids is 1. The number of carbonyl (C=O) groups is 1. The molecule has 1 aromatic carbocycles. The third-order valence-corrected chi connectivity index (χ3v) is 7.03. The Hall–Kier alpha value is -1.70. The Bertz CT molecular complexity index is 799. The Balaban J connectivity index is 1.70. The molecule has 1 amide bonds. The van der Waals surface area contributed by atoms with Gasteiger partial charge in [0.25, 0.3) is 5.91 Å². The van der Waals surface area contributed by atoms with Crippen LogP contribution in [0.5, 0.6) is 0 Å². The highest BCUT2D eigenvalue weighted by Gasteiger charge is 2.35. The van der Waals surface area contributed by atoms with Crippen LogP contribution in [0.4, 0.5) is 0 Å². The summed E-state index contributed by atoms with van der Waals surface area (Å²) in [6.45, 7) is 2.76. The topological polar surface area (TPSA) is 66.5 Å². The van der Waals surface area contributed by atoms with Crippen molar-refractivity contribution in [2.45, 2.75) is 30.7 Å². The van der Waals surface area contributed by atoms with Gasteiger partial charge in [0, 0.05) is 19.1 Å². The van der Waals surface area contributed by atoms with Gasteiger partial charge in [-0.2, -0.15) is 4.31 Å². The zero-order valence-electron chi connectivity index (χ0n) is 13.4. The van der Waals surface area contributed by atoms with Gasteiger partial charge < -0.3 is 5.32 Å². The van der Waals surface area contributed by atoms with Gasteiger partial charge in [-0.25, -0.2) is 8.42 Å². The second-order valence-corrected chi connectivity index (χ2v) is 8.75. The average Bonchev–Trinajstić information content (AvgIpc) is 3.24. The van der Waals surface area contributed by atoms with Gasteiger partial charge in [0.1, 0.15) is 0 Å². The number of hydrogen-bond acceptors (Lipinski definition) is 4. The number of nitrogens with zero attached hydrogens (tertiary/aromatic N) is 1. The molecule has 7 heteroatoms. The maximum Gasteiger partial charge on any atom is 0.261 e. The lowest BCUT2D eigenvalue weighted by Gasteiger charge is -2.24. The molecule has 2 aromatic rings. The molecule has 5 nitrogen and oxygen atoms in total. The SMILES string of the molecule is Cc1ccc(S(=O)(=O)N2CCC[C@@H]2CNC(=O)c2cccs2)cc1. The lowest BCUT2D eigenvalue weighted by Crippen LogP contribution is -2.43. The van der Waals surface area contributed by atoms with Crippen molar-refractivity contribution in [1.29, 1.82) is 0 Å². The number of nitrogens with one attached hydrogen (secondary N) is 1. The number of benzene rings is 1. The Kier molecular flexibility index (Phi) is 5.03. The van der Waals surface area contributed by atoms with Crippen molar-refractivity contribution in [2.75, 3.05) is 13.1 Å². The molecule has 0 bridgehead atoms.